The number of rotatable bonds is 6. The Hall–Kier alpha value is -1.06. The van der Waals surface area contributed by atoms with Gasteiger partial charge in [-0.2, -0.15) is 0 Å². The first kappa shape index (κ1) is 13.9. The van der Waals surface area contributed by atoms with E-state index in [1.807, 2.05) is 13.8 Å². The van der Waals surface area contributed by atoms with Crippen molar-refractivity contribution < 1.29 is 14.7 Å². The predicted molar refractivity (Wildman–Crippen MR) is 58.6 cm³/mol. The first-order valence-electron chi connectivity index (χ1n) is 5.35. The molecule has 2 unspecified atom stereocenters. The molecule has 0 heterocycles. The zero-order valence-corrected chi connectivity index (χ0v) is 9.99. The minimum absolute atomic E-state index is 0.0260. The number of carbonyl (C=O) groups excluding carboxylic acids is 1. The monoisotopic (exact) mass is 215 g/mol. The van der Waals surface area contributed by atoms with Crippen LogP contribution >= 0.6 is 0 Å². The molecule has 0 saturated carbocycles. The number of hydrogen-bond acceptors (Lipinski definition) is 2. The molecule has 4 nitrogen and oxygen atoms in total. The average molecular weight is 215 g/mol. The van der Waals surface area contributed by atoms with E-state index >= 15 is 0 Å². The summed E-state index contributed by atoms with van der Waals surface area (Å²) < 4.78 is 0. The van der Waals surface area contributed by atoms with Crippen LogP contribution in [-0.4, -0.2) is 35.0 Å². The van der Waals surface area contributed by atoms with Gasteiger partial charge in [-0.25, -0.2) is 0 Å². The predicted octanol–water partition coefficient (Wildman–Crippen LogP) is 1.74. The third-order valence-corrected chi connectivity index (χ3v) is 2.69. The van der Waals surface area contributed by atoms with E-state index in [4.69, 9.17) is 5.11 Å². The smallest absolute Gasteiger partial charge is 0.303 e. The minimum atomic E-state index is -0.846. The number of nitrogens with zero attached hydrogens (tertiary/aromatic N) is 1. The van der Waals surface area contributed by atoms with Crippen molar-refractivity contribution in [2.45, 2.75) is 46.1 Å². The van der Waals surface area contributed by atoms with Gasteiger partial charge in [0.2, 0.25) is 5.91 Å². The highest BCUT2D eigenvalue weighted by atomic mass is 16.4. The van der Waals surface area contributed by atoms with Gasteiger partial charge in [-0.1, -0.05) is 13.8 Å². The molecular weight excluding hydrogens is 194 g/mol. The van der Waals surface area contributed by atoms with Crippen molar-refractivity contribution in [2.75, 3.05) is 7.05 Å². The molecule has 0 aromatic carbocycles. The molecule has 0 bridgehead atoms. The van der Waals surface area contributed by atoms with Gasteiger partial charge in [0.05, 0.1) is 0 Å². The summed E-state index contributed by atoms with van der Waals surface area (Å²) in [6.45, 7) is 5.80. The molecule has 0 fully saturated rings. The van der Waals surface area contributed by atoms with E-state index in [0.717, 1.165) is 6.42 Å². The molecule has 0 aliphatic carbocycles. The van der Waals surface area contributed by atoms with Crippen LogP contribution in [0.5, 0.6) is 0 Å². The van der Waals surface area contributed by atoms with E-state index in [-0.39, 0.29) is 24.3 Å². The lowest BCUT2D eigenvalue weighted by molar-refractivity contribution is -0.138. The zero-order chi connectivity index (χ0) is 12.0. The van der Waals surface area contributed by atoms with Crippen LogP contribution in [0, 0.1) is 5.92 Å². The first-order chi connectivity index (χ1) is 6.88. The van der Waals surface area contributed by atoms with E-state index in [9.17, 15) is 9.59 Å². The van der Waals surface area contributed by atoms with Gasteiger partial charge in [0, 0.05) is 25.9 Å². The highest BCUT2D eigenvalue weighted by Gasteiger charge is 2.18. The lowest BCUT2D eigenvalue weighted by atomic mass is 10.0. The van der Waals surface area contributed by atoms with E-state index in [2.05, 4.69) is 0 Å². The highest BCUT2D eigenvalue weighted by Crippen LogP contribution is 2.11. The van der Waals surface area contributed by atoms with E-state index in [0.29, 0.717) is 6.42 Å². The van der Waals surface area contributed by atoms with E-state index in [1.165, 1.54) is 0 Å². The Bertz CT molecular complexity index is 228. The molecule has 0 aliphatic rings. The lowest BCUT2D eigenvalue weighted by Gasteiger charge is -2.25. The van der Waals surface area contributed by atoms with Crippen molar-refractivity contribution in [3.63, 3.8) is 0 Å². The number of aliphatic carboxylic acids is 1. The molecule has 0 aromatic heterocycles. The molecule has 0 saturated heterocycles. The number of hydrogen-bond donors (Lipinski definition) is 1. The van der Waals surface area contributed by atoms with Crippen molar-refractivity contribution in [3.8, 4) is 0 Å². The van der Waals surface area contributed by atoms with Gasteiger partial charge in [-0.15, -0.1) is 0 Å². The van der Waals surface area contributed by atoms with Gasteiger partial charge < -0.3 is 10.0 Å². The average Bonchev–Trinajstić information content (AvgIpc) is 2.13. The van der Waals surface area contributed by atoms with Crippen LogP contribution in [0.1, 0.15) is 40.0 Å². The summed E-state index contributed by atoms with van der Waals surface area (Å²) in [5.41, 5.74) is 0. The van der Waals surface area contributed by atoms with Gasteiger partial charge >= 0.3 is 5.97 Å². The lowest BCUT2D eigenvalue weighted by Crippen LogP contribution is -2.35. The molecular formula is C11H21NO3. The van der Waals surface area contributed by atoms with Crippen LogP contribution in [0.2, 0.25) is 0 Å². The standard InChI is InChI=1S/C11H21NO3/c1-5-9(3)12(4)10(13)6-8(2)7-11(14)15/h8-9H,5-7H2,1-4H3,(H,14,15). The Labute approximate surface area is 91.3 Å². The molecule has 0 spiro atoms. The molecule has 0 rings (SSSR count). The maximum Gasteiger partial charge on any atom is 0.303 e. The van der Waals surface area contributed by atoms with Gasteiger partial charge in [0.1, 0.15) is 0 Å². The molecule has 4 heteroatoms. The van der Waals surface area contributed by atoms with Crippen LogP contribution in [0.25, 0.3) is 0 Å². The van der Waals surface area contributed by atoms with Crippen LogP contribution in [0.15, 0.2) is 0 Å². The van der Waals surface area contributed by atoms with Gasteiger partial charge in [-0.05, 0) is 19.3 Å². The maximum atomic E-state index is 11.7. The third-order valence-electron chi connectivity index (χ3n) is 2.69. The summed E-state index contributed by atoms with van der Waals surface area (Å²) in [5.74, 6) is -0.916. The van der Waals surface area contributed by atoms with E-state index < -0.39 is 5.97 Å². The fourth-order valence-corrected chi connectivity index (χ4v) is 1.33. The summed E-state index contributed by atoms with van der Waals surface area (Å²) in [4.78, 5) is 23.8. The normalized spacial score (nSPS) is 14.4. The fraction of sp³-hybridized carbons (Fsp3) is 0.818. The van der Waals surface area contributed by atoms with Gasteiger partial charge in [-0.3, -0.25) is 9.59 Å². The molecule has 0 aliphatic heterocycles. The number of carbonyl (C=O) groups is 2. The molecule has 15 heavy (non-hydrogen) atoms. The van der Waals surface area contributed by atoms with Crippen LogP contribution in [-0.2, 0) is 9.59 Å². The second-order valence-electron chi connectivity index (χ2n) is 4.17. The zero-order valence-electron chi connectivity index (χ0n) is 9.99. The van der Waals surface area contributed by atoms with Crippen LogP contribution in [0.3, 0.4) is 0 Å². The second kappa shape index (κ2) is 6.43. The van der Waals surface area contributed by atoms with E-state index in [1.54, 1.807) is 18.9 Å². The summed E-state index contributed by atoms with van der Waals surface area (Å²) >= 11 is 0. The quantitative estimate of drug-likeness (QED) is 0.734. The summed E-state index contributed by atoms with van der Waals surface area (Å²) in [5, 5.41) is 8.57. The third kappa shape index (κ3) is 5.40. The fourth-order valence-electron chi connectivity index (χ4n) is 1.33. The number of carboxylic acids is 1. The maximum absolute atomic E-state index is 11.7. The molecule has 0 radical (unpaired) electrons. The van der Waals surface area contributed by atoms with Crippen molar-refractivity contribution in [1.29, 1.82) is 0 Å². The molecule has 0 aromatic rings. The Morgan fingerprint density at radius 2 is 1.80 bits per heavy atom. The molecule has 1 N–H and O–H groups in total. The van der Waals surface area contributed by atoms with Crippen LogP contribution in [0.4, 0.5) is 0 Å². The molecule has 88 valence electrons. The van der Waals surface area contributed by atoms with Gasteiger partial charge in [0.25, 0.3) is 0 Å². The molecule has 2 atom stereocenters. The van der Waals surface area contributed by atoms with Crippen molar-refractivity contribution in [3.05, 3.63) is 0 Å². The summed E-state index contributed by atoms with van der Waals surface area (Å²) in [6, 6.07) is 0.217. The first-order valence-corrected chi connectivity index (χ1v) is 5.35. The summed E-state index contributed by atoms with van der Waals surface area (Å²) in [7, 11) is 1.77. The number of amides is 1. The summed E-state index contributed by atoms with van der Waals surface area (Å²) in [6.07, 6.45) is 1.28. The SMILES string of the molecule is CCC(C)N(C)C(=O)CC(C)CC(=O)O. The van der Waals surface area contributed by atoms with Crippen molar-refractivity contribution in [1.82, 2.24) is 4.90 Å². The highest BCUT2D eigenvalue weighted by molar-refractivity contribution is 5.77. The van der Waals surface area contributed by atoms with Gasteiger partial charge in [0.15, 0.2) is 0 Å². The number of carboxylic acid groups (broad SMARTS) is 1. The minimum Gasteiger partial charge on any atom is -0.481 e. The second-order valence-corrected chi connectivity index (χ2v) is 4.17. The Balaban J connectivity index is 4.06. The Kier molecular flexibility index (Phi) is 5.97. The van der Waals surface area contributed by atoms with Crippen molar-refractivity contribution in [2.24, 2.45) is 5.92 Å². The topological polar surface area (TPSA) is 57.6 Å². The Morgan fingerprint density at radius 1 is 1.27 bits per heavy atom. The molecule has 1 amide bonds. The van der Waals surface area contributed by atoms with Crippen LogP contribution < -0.4 is 0 Å². The largest absolute Gasteiger partial charge is 0.481 e. The Morgan fingerprint density at radius 3 is 2.20 bits per heavy atom. The van der Waals surface area contributed by atoms with Crippen molar-refractivity contribution >= 4 is 11.9 Å².